The van der Waals surface area contributed by atoms with Crippen molar-refractivity contribution in [1.29, 1.82) is 0 Å². The Bertz CT molecular complexity index is 411. The van der Waals surface area contributed by atoms with Gasteiger partial charge >= 0.3 is 0 Å². The van der Waals surface area contributed by atoms with E-state index in [1.165, 1.54) is 0 Å². The van der Waals surface area contributed by atoms with Crippen LogP contribution in [0.1, 0.15) is 18.9 Å². The molecule has 1 aromatic carbocycles. The first-order valence-corrected chi connectivity index (χ1v) is 7.19. The number of benzene rings is 1. The Balaban J connectivity index is 2.23. The topological polar surface area (TPSA) is 12.5 Å². The largest absolute Gasteiger partial charge is 0.379 e. The summed E-state index contributed by atoms with van der Waals surface area (Å²) < 4.78 is 5.55. The summed E-state index contributed by atoms with van der Waals surface area (Å²) in [5, 5.41) is 0.756. The summed E-state index contributed by atoms with van der Waals surface area (Å²) >= 11 is 12.1. The van der Waals surface area contributed by atoms with Crippen LogP contribution in [0.25, 0.3) is 0 Å². The van der Waals surface area contributed by atoms with Crippen LogP contribution in [0.5, 0.6) is 0 Å². The molecule has 1 aliphatic heterocycles. The zero-order chi connectivity index (χ0) is 13.1. The third-order valence-corrected chi connectivity index (χ3v) is 4.25. The van der Waals surface area contributed by atoms with Gasteiger partial charge in [-0.1, -0.05) is 24.6 Å². The number of hydrogen-bond acceptors (Lipinski definition) is 2. The number of ether oxygens (including phenoxy) is 1. The van der Waals surface area contributed by atoms with E-state index >= 15 is 0 Å². The third-order valence-electron chi connectivity index (χ3n) is 3.72. The molecule has 1 saturated heterocycles. The molecule has 4 heteroatoms. The van der Waals surface area contributed by atoms with E-state index in [1.807, 2.05) is 18.2 Å². The first-order chi connectivity index (χ1) is 8.65. The van der Waals surface area contributed by atoms with E-state index in [-0.39, 0.29) is 6.10 Å². The smallest absolute Gasteiger partial charge is 0.0772 e. The van der Waals surface area contributed by atoms with E-state index in [0.29, 0.717) is 11.8 Å². The molecule has 0 radical (unpaired) electrons. The van der Waals surface area contributed by atoms with Gasteiger partial charge in [0.1, 0.15) is 0 Å². The number of methoxy groups -OCH3 is 1. The van der Waals surface area contributed by atoms with Gasteiger partial charge in [-0.25, -0.2) is 0 Å². The van der Waals surface area contributed by atoms with Crippen molar-refractivity contribution in [3.63, 3.8) is 0 Å². The molecule has 1 aliphatic rings. The molecule has 1 aromatic rings. The van der Waals surface area contributed by atoms with E-state index in [9.17, 15) is 0 Å². The van der Waals surface area contributed by atoms with Crippen LogP contribution < -0.4 is 4.90 Å². The fourth-order valence-corrected chi connectivity index (χ4v) is 2.90. The number of rotatable bonds is 3. The third kappa shape index (κ3) is 2.93. The first kappa shape index (κ1) is 14.0. The van der Waals surface area contributed by atoms with Gasteiger partial charge in [-0.2, -0.15) is 0 Å². The number of piperidine rings is 1. The maximum absolute atomic E-state index is 6.09. The van der Waals surface area contributed by atoms with Gasteiger partial charge in [0.05, 0.1) is 6.10 Å². The Labute approximate surface area is 119 Å². The number of anilines is 1. The lowest BCUT2D eigenvalue weighted by atomic mass is 9.95. The van der Waals surface area contributed by atoms with Crippen LogP contribution in [-0.2, 0) is 10.6 Å². The molecule has 0 aromatic heterocycles. The maximum atomic E-state index is 6.09. The van der Waals surface area contributed by atoms with Gasteiger partial charge in [-0.15, -0.1) is 11.6 Å². The van der Waals surface area contributed by atoms with Crippen molar-refractivity contribution in [2.45, 2.75) is 25.3 Å². The summed E-state index contributed by atoms with van der Waals surface area (Å²) in [4.78, 5) is 2.33. The van der Waals surface area contributed by atoms with Crippen LogP contribution >= 0.6 is 23.2 Å². The lowest BCUT2D eigenvalue weighted by Crippen LogP contribution is -2.44. The summed E-state index contributed by atoms with van der Waals surface area (Å²) in [6, 6.07) is 5.90. The molecule has 0 spiro atoms. The fraction of sp³-hybridized carbons (Fsp3) is 0.571. The summed E-state index contributed by atoms with van der Waals surface area (Å²) in [5.41, 5.74) is 2.27. The maximum Gasteiger partial charge on any atom is 0.0772 e. The predicted molar refractivity (Wildman–Crippen MR) is 77.8 cm³/mol. The molecule has 2 nitrogen and oxygen atoms in total. The van der Waals surface area contributed by atoms with Crippen LogP contribution in [0.15, 0.2) is 18.2 Å². The monoisotopic (exact) mass is 287 g/mol. The number of alkyl halides is 1. The molecule has 1 heterocycles. The summed E-state index contributed by atoms with van der Waals surface area (Å²) in [6.45, 7) is 4.18. The Hall–Kier alpha value is -0.440. The van der Waals surface area contributed by atoms with Crippen molar-refractivity contribution in [3.8, 4) is 0 Å². The second-order valence-electron chi connectivity index (χ2n) is 4.89. The van der Waals surface area contributed by atoms with E-state index < -0.39 is 0 Å². The van der Waals surface area contributed by atoms with Crippen molar-refractivity contribution >= 4 is 28.9 Å². The van der Waals surface area contributed by atoms with Crippen LogP contribution in [0, 0.1) is 5.92 Å². The average Bonchev–Trinajstić information content (AvgIpc) is 2.39. The molecule has 0 aliphatic carbocycles. The molecule has 0 amide bonds. The minimum Gasteiger partial charge on any atom is -0.379 e. The average molecular weight is 288 g/mol. The van der Waals surface area contributed by atoms with Gasteiger partial charge in [-0.3, -0.25) is 0 Å². The van der Waals surface area contributed by atoms with Gasteiger partial charge in [0.25, 0.3) is 0 Å². The SMILES string of the molecule is COC1CN(c2cc(Cl)ccc2CCl)CCC1C. The highest BCUT2D eigenvalue weighted by atomic mass is 35.5. The minimum atomic E-state index is 0.279. The van der Waals surface area contributed by atoms with Crippen LogP contribution in [0.2, 0.25) is 5.02 Å². The summed E-state index contributed by atoms with van der Waals surface area (Å²) in [6.07, 6.45) is 1.41. The van der Waals surface area contributed by atoms with Crippen molar-refractivity contribution < 1.29 is 4.74 Å². The fourth-order valence-electron chi connectivity index (χ4n) is 2.50. The highest BCUT2D eigenvalue weighted by molar-refractivity contribution is 6.31. The van der Waals surface area contributed by atoms with Gasteiger partial charge in [-0.05, 0) is 30.0 Å². The van der Waals surface area contributed by atoms with E-state index in [0.717, 1.165) is 35.8 Å². The van der Waals surface area contributed by atoms with Gasteiger partial charge in [0, 0.05) is 36.8 Å². The zero-order valence-corrected chi connectivity index (χ0v) is 12.3. The van der Waals surface area contributed by atoms with Gasteiger partial charge in [0.2, 0.25) is 0 Å². The second kappa shape index (κ2) is 6.14. The molecule has 2 atom stereocenters. The summed E-state index contributed by atoms with van der Waals surface area (Å²) in [5.74, 6) is 1.11. The lowest BCUT2D eigenvalue weighted by Gasteiger charge is -2.38. The molecule has 100 valence electrons. The lowest BCUT2D eigenvalue weighted by molar-refractivity contribution is 0.0498. The minimum absolute atomic E-state index is 0.279. The molecule has 2 rings (SSSR count). The first-order valence-electron chi connectivity index (χ1n) is 6.28. The van der Waals surface area contributed by atoms with Crippen LogP contribution in [0.4, 0.5) is 5.69 Å². The van der Waals surface area contributed by atoms with E-state index in [4.69, 9.17) is 27.9 Å². The normalized spacial score (nSPS) is 24.3. The Kier molecular flexibility index (Phi) is 4.77. The molecule has 0 saturated carbocycles. The van der Waals surface area contributed by atoms with Crippen molar-refractivity contribution in [2.24, 2.45) is 5.92 Å². The zero-order valence-electron chi connectivity index (χ0n) is 10.8. The Morgan fingerprint density at radius 1 is 1.44 bits per heavy atom. The highest BCUT2D eigenvalue weighted by Crippen LogP contribution is 2.30. The molecule has 0 bridgehead atoms. The number of halogens is 2. The van der Waals surface area contributed by atoms with Crippen LogP contribution in [-0.4, -0.2) is 26.3 Å². The Morgan fingerprint density at radius 2 is 2.22 bits per heavy atom. The number of hydrogen-bond donors (Lipinski definition) is 0. The van der Waals surface area contributed by atoms with Crippen molar-refractivity contribution in [1.82, 2.24) is 0 Å². The van der Waals surface area contributed by atoms with E-state index in [2.05, 4.69) is 11.8 Å². The van der Waals surface area contributed by atoms with Crippen molar-refractivity contribution in [2.75, 3.05) is 25.1 Å². The molecule has 18 heavy (non-hydrogen) atoms. The van der Waals surface area contributed by atoms with Gasteiger partial charge in [0.15, 0.2) is 0 Å². The quantitative estimate of drug-likeness (QED) is 0.781. The molecular weight excluding hydrogens is 269 g/mol. The Morgan fingerprint density at radius 3 is 2.89 bits per heavy atom. The van der Waals surface area contributed by atoms with E-state index in [1.54, 1.807) is 7.11 Å². The molecule has 1 fully saturated rings. The highest BCUT2D eigenvalue weighted by Gasteiger charge is 2.27. The predicted octanol–water partition coefficient (Wildman–Crippen LogP) is 3.94. The number of nitrogens with zero attached hydrogens (tertiary/aromatic N) is 1. The molecule has 2 unspecified atom stereocenters. The summed E-state index contributed by atoms with van der Waals surface area (Å²) in [7, 11) is 1.78. The van der Waals surface area contributed by atoms with Gasteiger partial charge < -0.3 is 9.64 Å². The standard InChI is InChI=1S/C14H19Cl2NO/c1-10-5-6-17(9-14(10)18-2)13-7-12(16)4-3-11(13)8-15/h3-4,7,10,14H,5-6,8-9H2,1-2H3. The van der Waals surface area contributed by atoms with Crippen molar-refractivity contribution in [3.05, 3.63) is 28.8 Å². The van der Waals surface area contributed by atoms with Crippen LogP contribution in [0.3, 0.4) is 0 Å². The molecule has 0 N–H and O–H groups in total. The second-order valence-corrected chi connectivity index (χ2v) is 5.60. The molecular formula is C14H19Cl2NO.